The van der Waals surface area contributed by atoms with Gasteiger partial charge in [0, 0.05) is 12.0 Å². The molecule has 0 spiro atoms. The summed E-state index contributed by atoms with van der Waals surface area (Å²) in [5.41, 5.74) is -1.09. The molecule has 8 nitrogen and oxygen atoms in total. The van der Waals surface area contributed by atoms with Crippen molar-refractivity contribution in [2.24, 2.45) is 0 Å². The van der Waals surface area contributed by atoms with Gasteiger partial charge in [-0.2, -0.15) is 5.26 Å². The number of aromatic nitrogens is 1. The molecule has 1 aliphatic heterocycles. The third-order valence-electron chi connectivity index (χ3n) is 4.59. The average molecular weight is 476 g/mol. The molecule has 0 aliphatic carbocycles. The number of pyridine rings is 1. The maximum Gasteiger partial charge on any atom is 0.271 e. The van der Waals surface area contributed by atoms with Crippen LogP contribution in [0, 0.1) is 18.3 Å². The Morgan fingerprint density at radius 1 is 1.42 bits per heavy atom. The maximum absolute atomic E-state index is 13.1. The third-order valence-corrected chi connectivity index (χ3v) is 6.79. The molecular weight excluding hydrogens is 458 g/mol. The van der Waals surface area contributed by atoms with Gasteiger partial charge in [-0.1, -0.05) is 30.0 Å². The molecular formula is C20H17N3O5S3. The monoisotopic (exact) mass is 475 g/mol. The van der Waals surface area contributed by atoms with Crippen molar-refractivity contribution in [2.75, 3.05) is 20.3 Å². The van der Waals surface area contributed by atoms with E-state index in [0.29, 0.717) is 4.91 Å². The van der Waals surface area contributed by atoms with E-state index < -0.39 is 29.7 Å². The summed E-state index contributed by atoms with van der Waals surface area (Å²) in [6.45, 7) is 1.04. The summed E-state index contributed by atoms with van der Waals surface area (Å²) in [4.78, 5) is 40.8. The number of carbonyl (C=O) groups excluding carboxylic acids is 2. The second-order valence-corrected chi connectivity index (χ2v) is 9.12. The van der Waals surface area contributed by atoms with Crippen molar-refractivity contribution >= 4 is 57.4 Å². The quantitative estimate of drug-likeness (QED) is 0.369. The molecule has 0 radical (unpaired) electrons. The summed E-state index contributed by atoms with van der Waals surface area (Å²) in [5, 5.41) is 21.9. The van der Waals surface area contributed by atoms with Crippen LogP contribution in [0.5, 0.6) is 5.88 Å². The Morgan fingerprint density at radius 2 is 2.16 bits per heavy atom. The van der Waals surface area contributed by atoms with Crippen molar-refractivity contribution in [2.45, 2.75) is 13.5 Å². The lowest BCUT2D eigenvalue weighted by molar-refractivity contribution is -0.121. The van der Waals surface area contributed by atoms with Crippen molar-refractivity contribution < 1.29 is 19.4 Å². The molecule has 1 fully saturated rings. The first-order valence-electron chi connectivity index (χ1n) is 8.97. The van der Waals surface area contributed by atoms with Crippen LogP contribution in [0.3, 0.4) is 0 Å². The molecule has 11 heteroatoms. The van der Waals surface area contributed by atoms with Crippen molar-refractivity contribution in [3.8, 4) is 11.9 Å². The molecule has 0 atom stereocenters. The van der Waals surface area contributed by atoms with Crippen LogP contribution >= 0.6 is 35.3 Å². The lowest BCUT2D eigenvalue weighted by Crippen LogP contribution is -2.35. The summed E-state index contributed by atoms with van der Waals surface area (Å²) in [7, 11) is 1.42. The molecule has 1 aliphatic rings. The molecule has 0 bridgehead atoms. The molecule has 0 aromatic carbocycles. The number of thiophene rings is 1. The van der Waals surface area contributed by atoms with Crippen LogP contribution < -0.4 is 5.56 Å². The molecule has 2 aromatic rings. The number of hydrogen-bond donors (Lipinski definition) is 1. The zero-order chi connectivity index (χ0) is 22.7. The molecule has 0 unspecified atom stereocenters. The van der Waals surface area contributed by atoms with Gasteiger partial charge in [-0.25, -0.2) is 0 Å². The zero-order valence-electron chi connectivity index (χ0n) is 16.6. The van der Waals surface area contributed by atoms with Crippen molar-refractivity contribution in [1.29, 1.82) is 5.26 Å². The van der Waals surface area contributed by atoms with Gasteiger partial charge in [0.15, 0.2) is 5.78 Å². The van der Waals surface area contributed by atoms with Gasteiger partial charge in [0.25, 0.3) is 11.5 Å². The van der Waals surface area contributed by atoms with Crippen LogP contribution in [0.25, 0.3) is 6.08 Å². The fraction of sp³-hybridized carbons (Fsp3) is 0.250. The van der Waals surface area contributed by atoms with E-state index in [-0.39, 0.29) is 34.2 Å². The highest BCUT2D eigenvalue weighted by Gasteiger charge is 2.35. The van der Waals surface area contributed by atoms with Crippen molar-refractivity contribution in [1.82, 2.24) is 9.47 Å². The molecule has 160 valence electrons. The van der Waals surface area contributed by atoms with Crippen molar-refractivity contribution in [3.63, 3.8) is 0 Å². The van der Waals surface area contributed by atoms with Gasteiger partial charge in [-0.3, -0.25) is 23.9 Å². The van der Waals surface area contributed by atoms with E-state index in [4.69, 9.17) is 17.0 Å². The molecule has 1 saturated heterocycles. The van der Waals surface area contributed by atoms with Crippen LogP contribution in [-0.4, -0.2) is 50.8 Å². The lowest BCUT2D eigenvalue weighted by Gasteiger charge is -2.18. The topological polar surface area (TPSA) is 113 Å². The molecule has 1 amide bonds. The predicted octanol–water partition coefficient (Wildman–Crippen LogP) is 2.53. The summed E-state index contributed by atoms with van der Waals surface area (Å²) in [6, 6.07) is 5.51. The summed E-state index contributed by atoms with van der Waals surface area (Å²) >= 11 is 7.82. The minimum atomic E-state index is -0.712. The van der Waals surface area contributed by atoms with E-state index in [1.54, 1.807) is 12.1 Å². The molecule has 3 heterocycles. The normalized spacial score (nSPS) is 15.0. The highest BCUT2D eigenvalue weighted by atomic mass is 32.2. The molecule has 1 N–H and O–H groups in total. The number of amides is 1. The van der Waals surface area contributed by atoms with Crippen molar-refractivity contribution in [3.05, 3.63) is 54.3 Å². The Bertz CT molecular complexity index is 1190. The minimum Gasteiger partial charge on any atom is -0.494 e. The van der Waals surface area contributed by atoms with Gasteiger partial charge >= 0.3 is 0 Å². The first-order chi connectivity index (χ1) is 14.8. The number of rotatable bonds is 7. The SMILES string of the molecule is COCCn1c(O)c(C(=O)CN2C(=O)/C(=C/c3cccs3)SC2=S)c(C)c(C#N)c1=O. The third kappa shape index (κ3) is 4.47. The number of ketones is 1. The first kappa shape index (κ1) is 22.9. The van der Waals surface area contributed by atoms with Crippen LogP contribution in [0.4, 0.5) is 0 Å². The second-order valence-electron chi connectivity index (χ2n) is 6.47. The number of hydrogen-bond acceptors (Lipinski definition) is 9. The van der Waals surface area contributed by atoms with Crippen LogP contribution in [0.15, 0.2) is 27.2 Å². The number of thiocarbonyl (C=S) groups is 1. The van der Waals surface area contributed by atoms with E-state index in [1.807, 2.05) is 17.5 Å². The number of nitriles is 1. The minimum absolute atomic E-state index is 0.0407. The molecule has 31 heavy (non-hydrogen) atoms. The van der Waals surface area contributed by atoms with Crippen LogP contribution in [0.1, 0.15) is 26.4 Å². The number of carbonyl (C=O) groups is 2. The molecule has 0 saturated carbocycles. The standard InChI is InChI=1S/C20H17N3O5S3/c1-11-13(9-21)17(25)22(5-6-28-2)19(27)16(11)14(24)10-23-18(26)15(31-20(23)29)8-12-4-3-7-30-12/h3-4,7-8,27H,5-6,10H2,1-2H3/b15-8-. The van der Waals surface area contributed by atoms with E-state index in [0.717, 1.165) is 26.1 Å². The summed E-state index contributed by atoms with van der Waals surface area (Å²) < 4.78 is 6.07. The number of ether oxygens (including phenoxy) is 1. The Labute approximate surface area is 191 Å². The number of thioether (sulfide) groups is 1. The average Bonchev–Trinajstić information content (AvgIpc) is 3.32. The largest absolute Gasteiger partial charge is 0.494 e. The van der Waals surface area contributed by atoms with Gasteiger partial charge in [0.2, 0.25) is 5.88 Å². The Balaban J connectivity index is 1.95. The first-order valence-corrected chi connectivity index (χ1v) is 11.1. The van der Waals surface area contributed by atoms with Gasteiger partial charge in [0.05, 0.1) is 30.2 Å². The van der Waals surface area contributed by atoms with Crippen LogP contribution in [-0.2, 0) is 16.1 Å². The summed E-state index contributed by atoms with van der Waals surface area (Å²) in [5.74, 6) is -1.61. The number of nitrogens with zero attached hydrogens (tertiary/aromatic N) is 3. The van der Waals surface area contributed by atoms with E-state index in [9.17, 15) is 24.8 Å². The second kappa shape index (κ2) is 9.57. The Hall–Kier alpha value is -2.78. The van der Waals surface area contributed by atoms with Crippen LogP contribution in [0.2, 0.25) is 0 Å². The van der Waals surface area contributed by atoms with E-state index in [1.165, 1.54) is 25.4 Å². The van der Waals surface area contributed by atoms with Gasteiger partial charge in [0.1, 0.15) is 16.0 Å². The van der Waals surface area contributed by atoms with Gasteiger partial charge < -0.3 is 9.84 Å². The fourth-order valence-electron chi connectivity index (χ4n) is 3.04. The number of methoxy groups -OCH3 is 1. The number of Topliss-reactive ketones (excluding diaryl/α,β-unsaturated/α-hetero) is 1. The molecule has 2 aromatic heterocycles. The maximum atomic E-state index is 13.1. The smallest absolute Gasteiger partial charge is 0.271 e. The zero-order valence-corrected chi connectivity index (χ0v) is 19.0. The Morgan fingerprint density at radius 3 is 2.77 bits per heavy atom. The predicted molar refractivity (Wildman–Crippen MR) is 122 cm³/mol. The fourth-order valence-corrected chi connectivity index (χ4v) is 5.01. The number of aromatic hydroxyl groups is 1. The van der Waals surface area contributed by atoms with E-state index in [2.05, 4.69) is 0 Å². The molecule has 3 rings (SSSR count). The van der Waals surface area contributed by atoms with Gasteiger partial charge in [-0.05, 0) is 30.0 Å². The summed E-state index contributed by atoms with van der Waals surface area (Å²) in [6.07, 6.45) is 1.70. The van der Waals surface area contributed by atoms with Gasteiger partial charge in [-0.15, -0.1) is 11.3 Å². The highest BCUT2D eigenvalue weighted by molar-refractivity contribution is 8.26. The lowest BCUT2D eigenvalue weighted by atomic mass is 10.0. The highest BCUT2D eigenvalue weighted by Crippen LogP contribution is 2.34. The van der Waals surface area contributed by atoms with E-state index >= 15 is 0 Å². The Kier molecular flexibility index (Phi) is 7.07.